The van der Waals surface area contributed by atoms with Crippen LogP contribution in [0.1, 0.15) is 32.7 Å². The number of nitrogens with two attached hydrogens (primary N) is 2. The van der Waals surface area contributed by atoms with Crippen molar-refractivity contribution in [3.8, 4) is 45.3 Å². The van der Waals surface area contributed by atoms with Gasteiger partial charge in [-0.1, -0.05) is 64.8 Å². The first kappa shape index (κ1) is 71.9. The fourth-order valence-corrected chi connectivity index (χ4v) is 14.4. The van der Waals surface area contributed by atoms with Gasteiger partial charge in [0.2, 0.25) is 31.9 Å². The minimum atomic E-state index is -3.66. The van der Waals surface area contributed by atoms with Crippen LogP contribution in [0, 0.1) is 6.57 Å². The van der Waals surface area contributed by atoms with Crippen LogP contribution in [-0.4, -0.2) is 125 Å². The van der Waals surface area contributed by atoms with Gasteiger partial charge in [-0.05, 0) is 104 Å². The van der Waals surface area contributed by atoms with Gasteiger partial charge in [0.25, 0.3) is 6.47 Å². The average Bonchev–Trinajstić information content (AvgIpc) is 1.65. The monoisotopic (exact) mass is 1360 g/mol. The number of aromatic nitrogens is 8. The number of hydrogen-bond donors (Lipinski definition) is 6. The fourth-order valence-electron chi connectivity index (χ4n) is 9.62. The van der Waals surface area contributed by atoms with Gasteiger partial charge in [0.1, 0.15) is 11.4 Å². The quantitative estimate of drug-likeness (QED) is 0.0133. The number of piperidine rings is 2. The van der Waals surface area contributed by atoms with Crippen molar-refractivity contribution < 1.29 is 103 Å². The smallest absolute Gasteiger partial charge is 1.00 e. The molecule has 0 aliphatic carbocycles. The summed E-state index contributed by atoms with van der Waals surface area (Å²) in [7, 11) is -7.31. The number of fused-ring (bicyclic) bond motifs is 2. The molecule has 0 radical (unpaired) electrons. The minimum absolute atomic E-state index is 0. The summed E-state index contributed by atoms with van der Waals surface area (Å²) in [4.78, 5) is 45.0. The van der Waals surface area contributed by atoms with E-state index in [0.29, 0.717) is 82.8 Å². The molecule has 34 heteroatoms. The normalized spacial score (nSPS) is 15.1. The van der Waals surface area contributed by atoms with Crippen molar-refractivity contribution in [2.24, 2.45) is 16.8 Å². The number of carbonyl (C=O) groups is 1. The van der Waals surface area contributed by atoms with Crippen LogP contribution in [0.3, 0.4) is 0 Å². The standard InChI is InChI=1S/C27H25ClN8O3S2.C27H22ClN7O2S2.CH2O3.ClH.H3NO.2Na.H/c28-19-6-8-21(9-7-19)41(38,39)35-12-2-5-20(16-35)31-26-30-11-10-22(32-26)24-23(33-27-36(24)13-14-40-27)17-3-1-4-18(15-17)25(29)34-37;1-29-20-5-2-4-18(16-20)24-25(35-14-15-38-27(35)33-24)23-11-12-30-26(32-23)31-21-6-3-13-34(17-21)39(36,37)22-9-7-19(28)8-10-22;2-1-4-3;;1-2;;;/h1,3-4,6-11,13-15,20,37H,2,5,12,16H2,(H2,29,34)(H,30,31,32);2,4-5,7-12,14-16,21H,3,6,13,17H2,(H,30,31,32);1,3H;1H;2H,1H2;;;/q;;;;;2*+1;-1/p-1/t20-;21-;;;;;;/m11....../s1. The molecule has 8 N–H and O–H groups in total. The number of amidine groups is 1. The maximum absolute atomic E-state index is 13.2. The van der Waals surface area contributed by atoms with E-state index < -0.39 is 20.0 Å². The van der Waals surface area contributed by atoms with Crippen LogP contribution >= 0.6 is 58.3 Å². The Hall–Kier alpha value is -6.22. The molecule has 4 aromatic carbocycles. The van der Waals surface area contributed by atoms with Crippen LogP contribution in [0.4, 0.5) is 17.6 Å². The van der Waals surface area contributed by atoms with Crippen molar-refractivity contribution in [3.05, 3.63) is 172 Å². The predicted octanol–water partition coefficient (Wildman–Crippen LogP) is 2.83. The molecule has 2 atom stereocenters. The fraction of sp³-hybridized carbons (Fsp3) is 0.182. The summed E-state index contributed by atoms with van der Waals surface area (Å²) in [5, 5.41) is 38.7. The van der Waals surface area contributed by atoms with Crippen molar-refractivity contribution in [3.63, 3.8) is 0 Å². The zero-order valence-corrected chi connectivity index (χ0v) is 56.9. The van der Waals surface area contributed by atoms with Crippen molar-refractivity contribution in [2.75, 3.05) is 36.8 Å². The van der Waals surface area contributed by atoms with Crippen LogP contribution in [0.5, 0.6) is 0 Å². The summed E-state index contributed by atoms with van der Waals surface area (Å²) in [6.45, 7) is 8.67. The number of nitrogens with zero attached hydrogens (tertiary/aromatic N) is 12. The molecule has 2 aliphatic rings. The summed E-state index contributed by atoms with van der Waals surface area (Å²) >= 11 is 14.9. The number of hydrogen-bond acceptors (Lipinski definition) is 21. The molecular weight excluding hydrogens is 1310 g/mol. The molecule has 2 saturated heterocycles. The molecule has 454 valence electrons. The average molecular weight is 1360 g/mol. The van der Waals surface area contributed by atoms with Crippen LogP contribution in [0.2, 0.25) is 10.0 Å². The van der Waals surface area contributed by atoms with Crippen LogP contribution < -0.4 is 86.6 Å². The molecule has 0 amide bonds. The molecule has 10 aromatic rings. The van der Waals surface area contributed by atoms with Crippen LogP contribution in [-0.2, 0) is 29.7 Å². The van der Waals surface area contributed by atoms with E-state index in [1.165, 1.54) is 55.5 Å². The third-order valence-electron chi connectivity index (χ3n) is 13.5. The molecule has 6 aromatic heterocycles. The molecule has 12 rings (SSSR count). The number of sulfonamides is 2. The van der Waals surface area contributed by atoms with Gasteiger partial charge < -0.3 is 38.4 Å². The Morgan fingerprint density at radius 1 is 0.719 bits per heavy atom. The maximum atomic E-state index is 13.2. The van der Waals surface area contributed by atoms with Gasteiger partial charge in [-0.2, -0.15) is 8.61 Å². The molecule has 2 aliphatic heterocycles. The number of thiazole rings is 2. The van der Waals surface area contributed by atoms with Gasteiger partial charge in [-0.15, -0.1) is 35.1 Å². The second-order valence-electron chi connectivity index (χ2n) is 18.8. The zero-order chi connectivity index (χ0) is 61.0. The van der Waals surface area contributed by atoms with Gasteiger partial charge in [0.15, 0.2) is 21.4 Å². The molecule has 0 spiro atoms. The Morgan fingerprint density at radius 2 is 1.16 bits per heavy atom. The molecule has 2 fully saturated rings. The number of rotatable bonds is 14. The van der Waals surface area contributed by atoms with E-state index in [4.69, 9.17) is 75.9 Å². The molecule has 89 heavy (non-hydrogen) atoms. The predicted molar refractivity (Wildman–Crippen MR) is 333 cm³/mol. The Bertz CT molecular complexity index is 4320. The largest absolute Gasteiger partial charge is 1.00 e. The van der Waals surface area contributed by atoms with E-state index in [2.05, 4.69) is 41.4 Å². The molecule has 0 unspecified atom stereocenters. The Balaban J connectivity index is 0.000000289. The Labute approximate surface area is 580 Å². The van der Waals surface area contributed by atoms with Gasteiger partial charge in [0, 0.05) is 95.0 Å². The third kappa shape index (κ3) is 17.0. The SMILES string of the molecule is Cl.N/C(=N/O)c1cccc(-c2nc3sccn3c2-c2ccnc(N[C@@H]3CCCN(S(=O)(=O)c4ccc(Cl)cc4)C3)n2)c1.NO.O=CO[O-].[C-]#[N+]c1cccc(-c2nc3sccn3c2-c2ccnc(N[C@@H]3CCCN(S(=O)(=O)c4ccc(Cl)cc4)C3)n2)c1.[H-].[Na+].[Na+]. The van der Waals surface area contributed by atoms with E-state index in [0.717, 1.165) is 51.0 Å². The first-order valence-corrected chi connectivity index (χ1v) is 31.2. The molecule has 0 bridgehead atoms. The van der Waals surface area contributed by atoms with Crippen molar-refractivity contribution in [1.82, 2.24) is 47.3 Å². The Kier molecular flexibility index (Phi) is 26.8. The first-order valence-electron chi connectivity index (χ1n) is 25.8. The summed E-state index contributed by atoms with van der Waals surface area (Å²) in [6, 6.07) is 30.4. The molecule has 25 nitrogen and oxygen atoms in total. The molecule has 8 heterocycles. The number of oxime groups is 1. The molecule has 0 saturated carbocycles. The third-order valence-corrected chi connectivity index (χ3v) is 19.3. The number of halogens is 3. The Morgan fingerprint density at radius 3 is 1.58 bits per heavy atom. The van der Waals surface area contributed by atoms with Gasteiger partial charge in [0.05, 0.1) is 39.1 Å². The molecular formula is C55H53Cl3N16Na2O9S4. The maximum Gasteiger partial charge on any atom is 1.00 e. The van der Waals surface area contributed by atoms with Crippen molar-refractivity contribution in [1.29, 1.82) is 0 Å². The summed E-state index contributed by atoms with van der Waals surface area (Å²) in [5.41, 5.74) is 12.8. The van der Waals surface area contributed by atoms with Gasteiger partial charge >= 0.3 is 59.1 Å². The number of anilines is 2. The van der Waals surface area contributed by atoms with Gasteiger partial charge in [-0.25, -0.2) is 57.5 Å². The number of benzene rings is 4. The number of imidazole rings is 2. The van der Waals surface area contributed by atoms with Crippen LogP contribution in [0.25, 0.3) is 60.1 Å². The summed E-state index contributed by atoms with van der Waals surface area (Å²) < 4.78 is 59.9. The van der Waals surface area contributed by atoms with Crippen molar-refractivity contribution >= 4 is 118 Å². The zero-order valence-electron chi connectivity index (χ0n) is 48.3. The summed E-state index contributed by atoms with van der Waals surface area (Å²) in [6.07, 6.45) is 10.2. The minimum Gasteiger partial charge on any atom is -1.00 e. The van der Waals surface area contributed by atoms with E-state index >= 15 is 0 Å². The second-order valence-corrected chi connectivity index (χ2v) is 25.3. The van der Waals surface area contributed by atoms with E-state index in [-0.39, 0.29) is 114 Å². The topological polar surface area (TPSA) is 344 Å². The van der Waals surface area contributed by atoms with Crippen LogP contribution in [0.15, 0.2) is 160 Å². The second kappa shape index (κ2) is 33.2. The van der Waals surface area contributed by atoms with Crippen molar-refractivity contribution in [2.45, 2.75) is 47.6 Å². The summed E-state index contributed by atoms with van der Waals surface area (Å²) in [5.74, 6) is 4.30. The van der Waals surface area contributed by atoms with E-state index in [1.54, 1.807) is 54.9 Å². The first-order chi connectivity index (χ1) is 41.7. The number of carbonyl (C=O) groups excluding carboxylic acids is 1. The van der Waals surface area contributed by atoms with E-state index in [9.17, 15) is 16.8 Å². The van der Waals surface area contributed by atoms with E-state index in [1.807, 2.05) is 74.4 Å². The number of nitrogens with one attached hydrogen (secondary N) is 2. The van der Waals surface area contributed by atoms with Gasteiger partial charge in [-0.3, -0.25) is 13.6 Å².